The van der Waals surface area contributed by atoms with Gasteiger partial charge in [0.1, 0.15) is 5.69 Å². The fourth-order valence-corrected chi connectivity index (χ4v) is 0.849. The number of aryl methyl sites for hydroxylation is 1. The first kappa shape index (κ1) is 12.9. The van der Waals surface area contributed by atoms with E-state index in [0.717, 1.165) is 6.07 Å². The van der Waals surface area contributed by atoms with Crippen LogP contribution in [0.4, 0.5) is 13.2 Å². The Morgan fingerprint density at radius 2 is 1.86 bits per heavy atom. The van der Waals surface area contributed by atoms with Crippen molar-refractivity contribution in [2.45, 2.75) is 33.4 Å². The van der Waals surface area contributed by atoms with Gasteiger partial charge in [-0.3, -0.25) is 4.98 Å². The predicted octanol–water partition coefficient (Wildman–Crippen LogP) is 3.69. The number of alkyl halides is 3. The number of hydrogen-bond acceptors (Lipinski definition) is 1. The van der Waals surface area contributed by atoms with E-state index in [1.165, 1.54) is 6.20 Å². The van der Waals surface area contributed by atoms with Crippen LogP contribution in [0.2, 0.25) is 0 Å². The van der Waals surface area contributed by atoms with Crippen molar-refractivity contribution in [3.63, 3.8) is 0 Å². The van der Waals surface area contributed by atoms with Gasteiger partial charge in [0.05, 0.1) is 0 Å². The molecule has 1 aromatic rings. The molecule has 0 amide bonds. The Hall–Kier alpha value is -1.06. The van der Waals surface area contributed by atoms with Crippen molar-refractivity contribution in [1.82, 2.24) is 4.98 Å². The normalized spacial score (nSPS) is 10.4. The molecule has 0 radical (unpaired) electrons. The van der Waals surface area contributed by atoms with Gasteiger partial charge in [0.25, 0.3) is 0 Å². The molecule has 0 aliphatic heterocycles. The molecule has 0 saturated heterocycles. The maximum Gasteiger partial charge on any atom is 0.433 e. The van der Waals surface area contributed by atoms with Gasteiger partial charge >= 0.3 is 6.18 Å². The highest BCUT2D eigenvalue weighted by atomic mass is 19.4. The van der Waals surface area contributed by atoms with E-state index in [1.54, 1.807) is 13.0 Å². The van der Waals surface area contributed by atoms with Crippen molar-refractivity contribution in [1.29, 1.82) is 0 Å². The van der Waals surface area contributed by atoms with Gasteiger partial charge < -0.3 is 0 Å². The number of nitrogens with zero attached hydrogens (tertiary/aromatic N) is 1. The highest BCUT2D eigenvalue weighted by Crippen LogP contribution is 2.27. The van der Waals surface area contributed by atoms with Crippen molar-refractivity contribution < 1.29 is 13.2 Å². The third kappa shape index (κ3) is 3.77. The lowest BCUT2D eigenvalue weighted by Gasteiger charge is -2.05. The lowest BCUT2D eigenvalue weighted by atomic mass is 10.2. The summed E-state index contributed by atoms with van der Waals surface area (Å²) in [7, 11) is 0. The van der Waals surface area contributed by atoms with E-state index in [0.29, 0.717) is 12.0 Å². The van der Waals surface area contributed by atoms with Gasteiger partial charge in [-0.2, -0.15) is 13.2 Å². The van der Waals surface area contributed by atoms with Crippen LogP contribution >= 0.6 is 0 Å². The lowest BCUT2D eigenvalue weighted by Crippen LogP contribution is -2.07. The summed E-state index contributed by atoms with van der Waals surface area (Å²) in [6.07, 6.45) is -2.56. The van der Waals surface area contributed by atoms with E-state index >= 15 is 0 Å². The third-order valence-electron chi connectivity index (χ3n) is 1.52. The second kappa shape index (κ2) is 5.62. The average molecular weight is 205 g/mol. The molecule has 0 saturated carbocycles. The highest BCUT2D eigenvalue weighted by molar-refractivity contribution is 5.17. The van der Waals surface area contributed by atoms with Crippen molar-refractivity contribution in [3.05, 3.63) is 29.6 Å². The SMILES string of the molecule is CC.CCc1ccnc(C(F)(F)F)c1. The summed E-state index contributed by atoms with van der Waals surface area (Å²) in [4.78, 5) is 3.23. The van der Waals surface area contributed by atoms with E-state index < -0.39 is 11.9 Å². The molecule has 0 bridgehead atoms. The van der Waals surface area contributed by atoms with Gasteiger partial charge in [-0.05, 0) is 24.1 Å². The van der Waals surface area contributed by atoms with Gasteiger partial charge in [-0.1, -0.05) is 20.8 Å². The minimum atomic E-state index is -4.33. The molecule has 0 atom stereocenters. The number of halogens is 3. The summed E-state index contributed by atoms with van der Waals surface area (Å²) in [5.74, 6) is 0. The second-order valence-corrected chi connectivity index (χ2v) is 2.40. The van der Waals surface area contributed by atoms with Crippen molar-refractivity contribution in [2.24, 2.45) is 0 Å². The quantitative estimate of drug-likeness (QED) is 0.681. The van der Waals surface area contributed by atoms with Crippen LogP contribution < -0.4 is 0 Å². The molecule has 0 unspecified atom stereocenters. The molecular weight excluding hydrogens is 191 g/mol. The number of rotatable bonds is 1. The lowest BCUT2D eigenvalue weighted by molar-refractivity contribution is -0.141. The zero-order chi connectivity index (χ0) is 11.2. The third-order valence-corrected chi connectivity index (χ3v) is 1.52. The van der Waals surface area contributed by atoms with Crippen molar-refractivity contribution in [3.8, 4) is 0 Å². The molecule has 0 spiro atoms. The van der Waals surface area contributed by atoms with Gasteiger partial charge in [0.15, 0.2) is 0 Å². The first-order valence-corrected chi connectivity index (χ1v) is 4.56. The Bertz CT molecular complexity index is 268. The summed E-state index contributed by atoms with van der Waals surface area (Å²) in [6.45, 7) is 5.80. The minimum Gasteiger partial charge on any atom is -0.252 e. The second-order valence-electron chi connectivity index (χ2n) is 2.40. The molecule has 80 valence electrons. The van der Waals surface area contributed by atoms with Gasteiger partial charge in [0, 0.05) is 6.20 Å². The number of aromatic nitrogens is 1. The Morgan fingerprint density at radius 3 is 2.29 bits per heavy atom. The largest absolute Gasteiger partial charge is 0.433 e. The number of pyridine rings is 1. The van der Waals surface area contributed by atoms with Crippen LogP contribution in [0.15, 0.2) is 18.3 Å². The predicted molar refractivity (Wildman–Crippen MR) is 50.0 cm³/mol. The minimum absolute atomic E-state index is 0.589. The average Bonchev–Trinajstić information content (AvgIpc) is 2.20. The van der Waals surface area contributed by atoms with E-state index in [1.807, 2.05) is 13.8 Å². The fourth-order valence-electron chi connectivity index (χ4n) is 0.849. The van der Waals surface area contributed by atoms with Gasteiger partial charge in [0.2, 0.25) is 0 Å². The molecule has 0 fully saturated rings. The van der Waals surface area contributed by atoms with Gasteiger partial charge in [-0.25, -0.2) is 0 Å². The van der Waals surface area contributed by atoms with E-state index in [2.05, 4.69) is 4.98 Å². The highest BCUT2D eigenvalue weighted by Gasteiger charge is 2.32. The molecule has 0 aliphatic rings. The summed E-state index contributed by atoms with van der Waals surface area (Å²) < 4.78 is 36.1. The molecule has 0 aliphatic carbocycles. The molecule has 14 heavy (non-hydrogen) atoms. The Labute approximate surface area is 82.0 Å². The first-order chi connectivity index (χ1) is 6.54. The van der Waals surface area contributed by atoms with Gasteiger partial charge in [-0.15, -0.1) is 0 Å². The monoisotopic (exact) mass is 205 g/mol. The number of hydrogen-bond donors (Lipinski definition) is 0. The topological polar surface area (TPSA) is 12.9 Å². The summed E-state index contributed by atoms with van der Waals surface area (Å²) in [5.41, 5.74) is -0.167. The van der Waals surface area contributed by atoms with Crippen LogP contribution in [0.25, 0.3) is 0 Å². The maximum absolute atomic E-state index is 12.0. The summed E-state index contributed by atoms with van der Waals surface area (Å²) >= 11 is 0. The molecular formula is C10H14F3N. The zero-order valence-corrected chi connectivity index (χ0v) is 8.52. The summed E-state index contributed by atoms with van der Waals surface area (Å²) in [6, 6.07) is 2.65. The smallest absolute Gasteiger partial charge is 0.252 e. The van der Waals surface area contributed by atoms with Crippen LogP contribution in [0.3, 0.4) is 0 Å². The van der Waals surface area contributed by atoms with E-state index in [9.17, 15) is 13.2 Å². The van der Waals surface area contributed by atoms with E-state index in [4.69, 9.17) is 0 Å². The molecule has 1 rings (SSSR count). The Morgan fingerprint density at radius 1 is 1.29 bits per heavy atom. The molecule has 1 aromatic heterocycles. The Balaban J connectivity index is 0.000000791. The van der Waals surface area contributed by atoms with Crippen molar-refractivity contribution >= 4 is 0 Å². The zero-order valence-electron chi connectivity index (χ0n) is 8.52. The Kier molecular flexibility index (Phi) is 5.20. The van der Waals surface area contributed by atoms with Crippen LogP contribution in [-0.2, 0) is 12.6 Å². The van der Waals surface area contributed by atoms with Crippen LogP contribution in [-0.4, -0.2) is 4.98 Å². The van der Waals surface area contributed by atoms with Crippen molar-refractivity contribution in [2.75, 3.05) is 0 Å². The standard InChI is InChI=1S/C8H8F3N.C2H6/c1-2-6-3-4-12-7(5-6)8(9,10)11;1-2/h3-5H,2H2,1H3;1-2H3. The maximum atomic E-state index is 12.0. The molecule has 0 N–H and O–H groups in total. The molecule has 0 aromatic carbocycles. The molecule has 4 heteroatoms. The van der Waals surface area contributed by atoms with Crippen LogP contribution in [0.5, 0.6) is 0 Å². The first-order valence-electron chi connectivity index (χ1n) is 4.56. The van der Waals surface area contributed by atoms with E-state index in [-0.39, 0.29) is 0 Å². The molecule has 1 heterocycles. The molecule has 1 nitrogen and oxygen atoms in total. The fraction of sp³-hybridized carbons (Fsp3) is 0.500. The van der Waals surface area contributed by atoms with Crippen LogP contribution in [0.1, 0.15) is 32.0 Å². The van der Waals surface area contributed by atoms with Crippen LogP contribution in [0, 0.1) is 0 Å². The summed E-state index contributed by atoms with van der Waals surface area (Å²) in [5, 5.41) is 0.